The summed E-state index contributed by atoms with van der Waals surface area (Å²) in [6.45, 7) is 0. The largest absolute Gasteiger partial charge is 0.308 e. The van der Waals surface area contributed by atoms with Gasteiger partial charge in [0.1, 0.15) is 0 Å². The number of hydrogen-bond acceptors (Lipinski definition) is 3. The van der Waals surface area contributed by atoms with Crippen molar-refractivity contribution in [1.29, 1.82) is 0 Å². The van der Waals surface area contributed by atoms with Crippen molar-refractivity contribution in [2.24, 2.45) is 0 Å². The third-order valence-corrected chi connectivity index (χ3v) is 14.6. The Morgan fingerprint density at radius 3 is 1.15 bits per heavy atom. The zero-order valence-electron chi connectivity index (χ0n) is 22.3. The van der Waals surface area contributed by atoms with E-state index in [0.29, 0.717) is 21.2 Å². The first-order valence-corrected chi connectivity index (χ1v) is 17.1. The second-order valence-corrected chi connectivity index (χ2v) is 15.9. The molecule has 6 aromatic rings. The van der Waals surface area contributed by atoms with Crippen molar-refractivity contribution in [1.82, 2.24) is 0 Å². The summed E-state index contributed by atoms with van der Waals surface area (Å²) in [4.78, 5) is 2.71. The number of sulfone groups is 1. The maximum Gasteiger partial charge on any atom is 0.210 e. The first-order valence-electron chi connectivity index (χ1n) is 13.6. The highest BCUT2D eigenvalue weighted by atomic mass is 32.2. The molecule has 1 aliphatic rings. The standard InChI is InChI=1S/C36H27NO2SSi/c38-40(39)35-22-12-10-20-33(35)37(34-21-11-13-23-36(34)40)28-24-26-32(27-25-28)41(29-14-4-1-5-15-29,30-16-6-2-7-17-30)31-18-8-3-9-19-31/h1-27H. The van der Waals surface area contributed by atoms with Crippen LogP contribution in [0.25, 0.3) is 0 Å². The van der Waals surface area contributed by atoms with Crippen molar-refractivity contribution >= 4 is 55.7 Å². The summed E-state index contributed by atoms with van der Waals surface area (Å²) >= 11 is 0. The minimum absolute atomic E-state index is 0.323. The van der Waals surface area contributed by atoms with Crippen molar-refractivity contribution in [2.45, 2.75) is 9.79 Å². The van der Waals surface area contributed by atoms with E-state index < -0.39 is 17.9 Å². The lowest BCUT2D eigenvalue weighted by Gasteiger charge is -2.36. The fourth-order valence-corrected chi connectivity index (χ4v) is 12.6. The highest BCUT2D eigenvalue weighted by Crippen LogP contribution is 2.47. The zero-order valence-corrected chi connectivity index (χ0v) is 24.1. The summed E-state index contributed by atoms with van der Waals surface area (Å²) in [5, 5.41) is 5.19. The average Bonchev–Trinajstić information content (AvgIpc) is 3.04. The molecular weight excluding hydrogens is 539 g/mol. The molecule has 0 N–H and O–H groups in total. The third kappa shape index (κ3) is 3.97. The molecule has 198 valence electrons. The third-order valence-electron chi connectivity index (χ3n) is 7.97. The molecule has 0 fully saturated rings. The SMILES string of the molecule is O=S1(=O)c2ccccc2N(c2ccc([Si](c3ccccc3)(c3ccccc3)c3ccccc3)cc2)c2ccccc21. The van der Waals surface area contributed by atoms with E-state index in [1.54, 1.807) is 24.3 Å². The Balaban J connectivity index is 1.46. The van der Waals surface area contributed by atoms with Gasteiger partial charge >= 0.3 is 0 Å². The molecular formula is C36H27NO2SSi. The molecule has 0 saturated carbocycles. The van der Waals surface area contributed by atoms with E-state index >= 15 is 0 Å². The van der Waals surface area contributed by atoms with E-state index in [1.807, 2.05) is 24.3 Å². The number of nitrogens with zero attached hydrogens (tertiary/aromatic N) is 1. The van der Waals surface area contributed by atoms with Gasteiger partial charge in [-0.3, -0.25) is 0 Å². The van der Waals surface area contributed by atoms with Gasteiger partial charge in [0.05, 0.1) is 21.2 Å². The molecule has 5 heteroatoms. The van der Waals surface area contributed by atoms with Crippen LogP contribution in [0.2, 0.25) is 0 Å². The van der Waals surface area contributed by atoms with Crippen LogP contribution in [-0.4, -0.2) is 16.5 Å². The Bertz CT molecular complexity index is 1790. The second-order valence-electron chi connectivity index (χ2n) is 10.2. The molecule has 0 aliphatic carbocycles. The van der Waals surface area contributed by atoms with Gasteiger partial charge in [0, 0.05) is 5.69 Å². The molecule has 6 aromatic carbocycles. The highest BCUT2D eigenvalue weighted by Gasteiger charge is 2.41. The topological polar surface area (TPSA) is 37.4 Å². The Hall–Kier alpha value is -4.71. The van der Waals surface area contributed by atoms with Crippen molar-refractivity contribution in [2.75, 3.05) is 4.90 Å². The fourth-order valence-electron chi connectivity index (χ4n) is 6.19. The van der Waals surface area contributed by atoms with Crippen LogP contribution >= 0.6 is 0 Å². The van der Waals surface area contributed by atoms with E-state index in [1.165, 1.54) is 20.7 Å². The van der Waals surface area contributed by atoms with Gasteiger partial charge in [0.25, 0.3) is 0 Å². The van der Waals surface area contributed by atoms with Crippen LogP contribution in [-0.2, 0) is 9.84 Å². The van der Waals surface area contributed by atoms with Gasteiger partial charge in [-0.25, -0.2) is 8.42 Å². The highest BCUT2D eigenvalue weighted by molar-refractivity contribution is 7.92. The monoisotopic (exact) mass is 565 g/mol. The van der Waals surface area contributed by atoms with Crippen LogP contribution < -0.4 is 25.6 Å². The Morgan fingerprint density at radius 1 is 0.390 bits per heavy atom. The van der Waals surface area contributed by atoms with Crippen LogP contribution in [0.1, 0.15) is 0 Å². The summed E-state index contributed by atoms with van der Waals surface area (Å²) in [5.74, 6) is 0. The molecule has 1 heterocycles. The lowest BCUT2D eigenvalue weighted by atomic mass is 10.2. The molecule has 0 saturated heterocycles. The molecule has 3 nitrogen and oxygen atoms in total. The van der Waals surface area contributed by atoms with Gasteiger partial charge in [-0.15, -0.1) is 0 Å². The molecule has 0 amide bonds. The fraction of sp³-hybridized carbons (Fsp3) is 0. The number of hydrogen-bond donors (Lipinski definition) is 0. The average molecular weight is 566 g/mol. The number of anilines is 3. The van der Waals surface area contributed by atoms with Crippen LogP contribution in [0.3, 0.4) is 0 Å². The van der Waals surface area contributed by atoms with Gasteiger partial charge in [0.15, 0.2) is 8.07 Å². The lowest BCUT2D eigenvalue weighted by molar-refractivity contribution is 0.595. The van der Waals surface area contributed by atoms with E-state index in [4.69, 9.17) is 0 Å². The summed E-state index contributed by atoms with van der Waals surface area (Å²) in [7, 11) is -6.27. The van der Waals surface area contributed by atoms with E-state index in [2.05, 4.69) is 120 Å². The van der Waals surface area contributed by atoms with Crippen LogP contribution in [0, 0.1) is 0 Å². The van der Waals surface area contributed by atoms with Crippen molar-refractivity contribution < 1.29 is 8.42 Å². The molecule has 0 unspecified atom stereocenters. The Labute approximate surface area is 241 Å². The van der Waals surface area contributed by atoms with Gasteiger partial charge in [-0.2, -0.15) is 0 Å². The summed E-state index contributed by atoms with van der Waals surface area (Å²) in [6.07, 6.45) is 0. The van der Waals surface area contributed by atoms with Crippen molar-refractivity contribution in [3.05, 3.63) is 164 Å². The Kier molecular flexibility index (Phi) is 6.19. The normalized spacial score (nSPS) is 13.7. The molecule has 0 atom stereocenters. The second kappa shape index (κ2) is 10.0. The number of para-hydroxylation sites is 2. The number of fused-ring (bicyclic) bond motifs is 2. The number of benzene rings is 6. The summed E-state index contributed by atoms with van der Waals surface area (Å²) in [6, 6.07) is 55.7. The van der Waals surface area contributed by atoms with E-state index in [-0.39, 0.29) is 0 Å². The van der Waals surface area contributed by atoms with Crippen molar-refractivity contribution in [3.63, 3.8) is 0 Å². The predicted octanol–water partition coefficient (Wildman–Crippen LogP) is 5.68. The maximum atomic E-state index is 13.5. The molecule has 0 radical (unpaired) electrons. The van der Waals surface area contributed by atoms with Crippen LogP contribution in [0.15, 0.2) is 174 Å². The minimum atomic E-state index is -3.62. The molecule has 0 spiro atoms. The van der Waals surface area contributed by atoms with Crippen molar-refractivity contribution in [3.8, 4) is 0 Å². The molecule has 41 heavy (non-hydrogen) atoms. The van der Waals surface area contributed by atoms with E-state index in [0.717, 1.165) is 5.69 Å². The predicted molar refractivity (Wildman–Crippen MR) is 170 cm³/mol. The van der Waals surface area contributed by atoms with Gasteiger partial charge in [0.2, 0.25) is 9.84 Å². The summed E-state index contributed by atoms with van der Waals surface area (Å²) < 4.78 is 27.0. The molecule has 7 rings (SSSR count). The summed E-state index contributed by atoms with van der Waals surface area (Å²) in [5.41, 5.74) is 2.24. The van der Waals surface area contributed by atoms with Gasteiger partial charge in [-0.1, -0.05) is 127 Å². The van der Waals surface area contributed by atoms with Gasteiger partial charge < -0.3 is 4.90 Å². The van der Waals surface area contributed by atoms with Crippen LogP contribution in [0.4, 0.5) is 17.1 Å². The first kappa shape index (κ1) is 25.3. The lowest BCUT2D eigenvalue weighted by Crippen LogP contribution is -2.74. The molecule has 1 aliphatic heterocycles. The smallest absolute Gasteiger partial charge is 0.210 e. The van der Waals surface area contributed by atoms with Crippen LogP contribution in [0.5, 0.6) is 0 Å². The minimum Gasteiger partial charge on any atom is -0.308 e. The van der Waals surface area contributed by atoms with Gasteiger partial charge in [-0.05, 0) is 57.1 Å². The quantitative estimate of drug-likeness (QED) is 0.199. The molecule has 0 aromatic heterocycles. The number of rotatable bonds is 5. The Morgan fingerprint density at radius 2 is 0.732 bits per heavy atom. The maximum absolute atomic E-state index is 13.5. The first-order chi connectivity index (χ1) is 20.1. The zero-order chi connectivity index (χ0) is 27.9. The van der Waals surface area contributed by atoms with E-state index in [9.17, 15) is 8.42 Å². The molecule has 0 bridgehead atoms.